The molecule has 1 aromatic carbocycles. The summed E-state index contributed by atoms with van der Waals surface area (Å²) in [5.74, 6) is 0.375. The van der Waals surface area contributed by atoms with Crippen molar-refractivity contribution in [1.82, 2.24) is 0 Å². The Balaban J connectivity index is 2.28. The van der Waals surface area contributed by atoms with E-state index < -0.39 is 24.7 Å². The number of rotatable bonds is 5. The van der Waals surface area contributed by atoms with Crippen LogP contribution in [0.25, 0.3) is 0 Å². The Labute approximate surface area is 103 Å². The van der Waals surface area contributed by atoms with Crippen LogP contribution in [0.3, 0.4) is 0 Å². The maximum Gasteiger partial charge on any atom is 0.496 e. The number of hydrogen-bond acceptors (Lipinski definition) is 6. The molecule has 2 N–H and O–H groups in total. The van der Waals surface area contributed by atoms with E-state index in [0.29, 0.717) is 16.8 Å². The van der Waals surface area contributed by atoms with Gasteiger partial charge < -0.3 is 19.5 Å². The second-order valence-corrected chi connectivity index (χ2v) is 3.82. The van der Waals surface area contributed by atoms with Crippen molar-refractivity contribution in [3.63, 3.8) is 0 Å². The maximum atomic E-state index is 10.5. The SMILES string of the molecule is O=[N+]([O-])CC1OB(O)c2c(OCCO)cccc21. The molecule has 0 saturated carbocycles. The number of benzene rings is 1. The molecule has 1 aliphatic heterocycles. The van der Waals surface area contributed by atoms with Gasteiger partial charge in [0, 0.05) is 10.4 Å². The molecular weight excluding hydrogens is 241 g/mol. The van der Waals surface area contributed by atoms with Crippen molar-refractivity contribution in [3.05, 3.63) is 33.9 Å². The van der Waals surface area contributed by atoms with Crippen LogP contribution < -0.4 is 10.2 Å². The van der Waals surface area contributed by atoms with Gasteiger partial charge in [-0.25, -0.2) is 0 Å². The lowest BCUT2D eigenvalue weighted by Gasteiger charge is -2.09. The third-order valence-corrected chi connectivity index (χ3v) is 2.65. The van der Waals surface area contributed by atoms with E-state index in [0.717, 1.165) is 0 Å². The zero-order valence-corrected chi connectivity index (χ0v) is 9.48. The minimum atomic E-state index is -1.24. The minimum absolute atomic E-state index is 0.0864. The zero-order valence-electron chi connectivity index (χ0n) is 9.48. The van der Waals surface area contributed by atoms with E-state index in [9.17, 15) is 15.1 Å². The van der Waals surface area contributed by atoms with Crippen molar-refractivity contribution in [2.45, 2.75) is 6.10 Å². The number of aliphatic hydroxyl groups is 1. The lowest BCUT2D eigenvalue weighted by molar-refractivity contribution is -0.490. The molecule has 0 aliphatic carbocycles. The standard InChI is InChI=1S/C10H12BNO6/c13-4-5-17-8-3-1-2-7-9(6-12(15)16)18-11(14)10(7)8/h1-3,9,13-14H,4-6H2. The second-order valence-electron chi connectivity index (χ2n) is 3.82. The van der Waals surface area contributed by atoms with Crippen LogP contribution in [-0.2, 0) is 4.65 Å². The molecule has 0 bridgehead atoms. The lowest BCUT2D eigenvalue weighted by atomic mass is 9.78. The molecule has 8 heteroatoms. The van der Waals surface area contributed by atoms with Gasteiger partial charge in [-0.05, 0) is 11.6 Å². The van der Waals surface area contributed by atoms with Crippen LogP contribution in [0.15, 0.2) is 18.2 Å². The molecule has 1 aromatic rings. The normalized spacial score (nSPS) is 17.7. The monoisotopic (exact) mass is 253 g/mol. The van der Waals surface area contributed by atoms with Gasteiger partial charge in [-0.1, -0.05) is 12.1 Å². The highest BCUT2D eigenvalue weighted by atomic mass is 16.6. The Hall–Kier alpha value is -1.64. The maximum absolute atomic E-state index is 10.5. The van der Waals surface area contributed by atoms with E-state index in [1.807, 2.05) is 0 Å². The van der Waals surface area contributed by atoms with Crippen molar-refractivity contribution in [2.24, 2.45) is 0 Å². The summed E-state index contributed by atoms with van der Waals surface area (Å²) in [5.41, 5.74) is 0.951. The molecule has 96 valence electrons. The highest BCUT2D eigenvalue weighted by Crippen LogP contribution is 2.27. The summed E-state index contributed by atoms with van der Waals surface area (Å²) in [6.45, 7) is -0.477. The summed E-state index contributed by atoms with van der Waals surface area (Å²) in [7, 11) is -1.24. The van der Waals surface area contributed by atoms with Gasteiger partial charge in [-0.3, -0.25) is 10.1 Å². The first-order valence-corrected chi connectivity index (χ1v) is 5.45. The lowest BCUT2D eigenvalue weighted by Crippen LogP contribution is -2.30. The quantitative estimate of drug-likeness (QED) is 0.400. The van der Waals surface area contributed by atoms with Crippen molar-refractivity contribution >= 4 is 12.6 Å². The van der Waals surface area contributed by atoms with Gasteiger partial charge in [0.1, 0.15) is 18.5 Å². The molecule has 0 spiro atoms. The number of nitro groups is 1. The summed E-state index contributed by atoms with van der Waals surface area (Å²) < 4.78 is 10.4. The Kier molecular flexibility index (Phi) is 3.80. The van der Waals surface area contributed by atoms with E-state index in [1.54, 1.807) is 18.2 Å². The molecule has 2 rings (SSSR count). The predicted molar refractivity (Wildman–Crippen MR) is 62.3 cm³/mol. The average molecular weight is 253 g/mol. The van der Waals surface area contributed by atoms with Gasteiger partial charge in [0.2, 0.25) is 6.54 Å². The van der Waals surface area contributed by atoms with Crippen molar-refractivity contribution in [2.75, 3.05) is 19.8 Å². The fourth-order valence-electron chi connectivity index (χ4n) is 1.96. The van der Waals surface area contributed by atoms with Gasteiger partial charge in [0.25, 0.3) is 0 Å². The molecule has 7 nitrogen and oxygen atoms in total. The third kappa shape index (κ3) is 2.45. The molecule has 1 unspecified atom stereocenters. The molecule has 0 aromatic heterocycles. The molecular formula is C10H12BNO6. The highest BCUT2D eigenvalue weighted by Gasteiger charge is 2.40. The van der Waals surface area contributed by atoms with Crippen LogP contribution >= 0.6 is 0 Å². The first-order chi connectivity index (χ1) is 8.63. The van der Waals surface area contributed by atoms with Gasteiger partial charge in [0.15, 0.2) is 0 Å². The van der Waals surface area contributed by atoms with E-state index in [-0.39, 0.29) is 13.2 Å². The van der Waals surface area contributed by atoms with E-state index in [4.69, 9.17) is 14.5 Å². The molecule has 1 atom stereocenters. The van der Waals surface area contributed by atoms with Crippen LogP contribution in [-0.4, -0.2) is 41.9 Å². The average Bonchev–Trinajstić information content (AvgIpc) is 2.64. The van der Waals surface area contributed by atoms with Gasteiger partial charge in [-0.15, -0.1) is 0 Å². The molecule has 0 saturated heterocycles. The van der Waals surface area contributed by atoms with Crippen molar-refractivity contribution in [3.8, 4) is 5.75 Å². The second kappa shape index (κ2) is 5.34. The molecule has 1 heterocycles. The fourth-order valence-corrected chi connectivity index (χ4v) is 1.96. The van der Waals surface area contributed by atoms with Gasteiger partial charge in [-0.2, -0.15) is 0 Å². The van der Waals surface area contributed by atoms with Crippen LogP contribution in [0.5, 0.6) is 5.75 Å². The smallest absolute Gasteiger partial charge is 0.492 e. The van der Waals surface area contributed by atoms with Crippen molar-refractivity contribution < 1.29 is 24.4 Å². The Morgan fingerprint density at radius 2 is 2.33 bits per heavy atom. The summed E-state index contributed by atoms with van der Waals surface area (Å²) in [4.78, 5) is 10.0. The van der Waals surface area contributed by atoms with Crippen LogP contribution in [0.1, 0.15) is 11.7 Å². The third-order valence-electron chi connectivity index (χ3n) is 2.65. The fraction of sp³-hybridized carbons (Fsp3) is 0.400. The van der Waals surface area contributed by atoms with E-state index >= 15 is 0 Å². The largest absolute Gasteiger partial charge is 0.496 e. The topological polar surface area (TPSA) is 102 Å². The number of hydrogen-bond donors (Lipinski definition) is 2. The summed E-state index contributed by atoms with van der Waals surface area (Å²) in [6.07, 6.45) is -0.775. The molecule has 18 heavy (non-hydrogen) atoms. The van der Waals surface area contributed by atoms with E-state index in [2.05, 4.69) is 0 Å². The minimum Gasteiger partial charge on any atom is -0.492 e. The number of fused-ring (bicyclic) bond motifs is 1. The van der Waals surface area contributed by atoms with Gasteiger partial charge in [0.05, 0.1) is 6.61 Å². The molecule has 0 fully saturated rings. The number of aliphatic hydroxyl groups excluding tert-OH is 1. The Bertz CT molecular complexity index is 454. The first kappa shape index (κ1) is 12.8. The number of ether oxygens (including phenoxy) is 1. The highest BCUT2D eigenvalue weighted by molar-refractivity contribution is 6.62. The molecule has 1 aliphatic rings. The first-order valence-electron chi connectivity index (χ1n) is 5.45. The van der Waals surface area contributed by atoms with Crippen LogP contribution in [0, 0.1) is 10.1 Å². The molecule has 0 amide bonds. The van der Waals surface area contributed by atoms with Crippen LogP contribution in [0.2, 0.25) is 0 Å². The summed E-state index contributed by atoms with van der Waals surface area (Å²) >= 11 is 0. The Morgan fingerprint density at radius 1 is 1.56 bits per heavy atom. The number of nitrogens with zero attached hydrogens (tertiary/aromatic N) is 1. The van der Waals surface area contributed by atoms with Crippen molar-refractivity contribution in [1.29, 1.82) is 0 Å². The van der Waals surface area contributed by atoms with Crippen LogP contribution in [0.4, 0.5) is 0 Å². The van der Waals surface area contributed by atoms with E-state index in [1.165, 1.54) is 0 Å². The Morgan fingerprint density at radius 3 is 3.00 bits per heavy atom. The zero-order chi connectivity index (χ0) is 13.1. The summed E-state index contributed by atoms with van der Waals surface area (Å²) in [6, 6.07) is 4.95. The molecule has 0 radical (unpaired) electrons. The van der Waals surface area contributed by atoms with Gasteiger partial charge >= 0.3 is 7.12 Å². The predicted octanol–water partition coefficient (Wildman–Crippen LogP) is -0.907. The summed E-state index contributed by atoms with van der Waals surface area (Å²) in [5, 5.41) is 29.0.